The SMILES string of the molecule is CCOC(C)(C)C(Cc1cccc(F)c1)NC. The fourth-order valence-electron chi connectivity index (χ4n) is 2.07. The number of likely N-dealkylation sites (N-methyl/N-ethyl adjacent to an activating group) is 1. The van der Waals surface area contributed by atoms with Gasteiger partial charge in [0.25, 0.3) is 0 Å². The van der Waals surface area contributed by atoms with Crippen molar-refractivity contribution in [1.29, 1.82) is 0 Å². The molecule has 0 aliphatic carbocycles. The predicted molar refractivity (Wildman–Crippen MR) is 68.7 cm³/mol. The van der Waals surface area contributed by atoms with Crippen LogP contribution in [0.3, 0.4) is 0 Å². The van der Waals surface area contributed by atoms with Crippen LogP contribution in [0.15, 0.2) is 24.3 Å². The van der Waals surface area contributed by atoms with Crippen molar-refractivity contribution < 1.29 is 9.13 Å². The van der Waals surface area contributed by atoms with Gasteiger partial charge in [-0.1, -0.05) is 12.1 Å². The number of rotatable bonds is 6. The van der Waals surface area contributed by atoms with Crippen molar-refractivity contribution in [3.05, 3.63) is 35.6 Å². The van der Waals surface area contributed by atoms with Crippen molar-refractivity contribution in [3.8, 4) is 0 Å². The van der Waals surface area contributed by atoms with Crippen molar-refractivity contribution in [1.82, 2.24) is 5.32 Å². The third-order valence-corrected chi connectivity index (χ3v) is 3.03. The number of halogens is 1. The summed E-state index contributed by atoms with van der Waals surface area (Å²) in [6.07, 6.45) is 0.751. The van der Waals surface area contributed by atoms with E-state index in [2.05, 4.69) is 19.2 Å². The Labute approximate surface area is 103 Å². The molecule has 0 aliphatic heterocycles. The van der Waals surface area contributed by atoms with Crippen LogP contribution in [0.4, 0.5) is 4.39 Å². The van der Waals surface area contributed by atoms with Gasteiger partial charge in [-0.25, -0.2) is 4.39 Å². The van der Waals surface area contributed by atoms with E-state index < -0.39 is 0 Å². The fourth-order valence-corrected chi connectivity index (χ4v) is 2.07. The molecule has 0 saturated heterocycles. The summed E-state index contributed by atoms with van der Waals surface area (Å²) >= 11 is 0. The second-order valence-corrected chi connectivity index (χ2v) is 4.71. The Morgan fingerprint density at radius 1 is 1.41 bits per heavy atom. The molecule has 1 aromatic rings. The summed E-state index contributed by atoms with van der Waals surface area (Å²) < 4.78 is 18.8. The van der Waals surface area contributed by atoms with Crippen LogP contribution >= 0.6 is 0 Å². The lowest BCUT2D eigenvalue weighted by atomic mass is 9.92. The summed E-state index contributed by atoms with van der Waals surface area (Å²) in [6.45, 7) is 6.76. The molecule has 0 amide bonds. The van der Waals surface area contributed by atoms with E-state index in [9.17, 15) is 4.39 Å². The third kappa shape index (κ3) is 4.10. The monoisotopic (exact) mass is 239 g/mol. The van der Waals surface area contributed by atoms with Gasteiger partial charge in [-0.3, -0.25) is 0 Å². The summed E-state index contributed by atoms with van der Waals surface area (Å²) in [4.78, 5) is 0. The average Bonchev–Trinajstić information content (AvgIpc) is 2.25. The molecule has 0 radical (unpaired) electrons. The quantitative estimate of drug-likeness (QED) is 0.824. The van der Waals surface area contributed by atoms with Crippen LogP contribution in [0, 0.1) is 5.82 Å². The van der Waals surface area contributed by atoms with E-state index in [0.29, 0.717) is 6.61 Å². The molecule has 1 aromatic carbocycles. The number of nitrogens with one attached hydrogen (secondary N) is 1. The number of hydrogen-bond donors (Lipinski definition) is 1. The van der Waals surface area contributed by atoms with Crippen LogP contribution in [0.5, 0.6) is 0 Å². The standard InChI is InChI=1S/C14H22FNO/c1-5-17-14(2,3)13(16-4)10-11-7-6-8-12(15)9-11/h6-9,13,16H,5,10H2,1-4H3. The third-order valence-electron chi connectivity index (χ3n) is 3.03. The average molecular weight is 239 g/mol. The maximum absolute atomic E-state index is 13.1. The molecule has 0 bridgehead atoms. The maximum Gasteiger partial charge on any atom is 0.123 e. The zero-order chi connectivity index (χ0) is 12.9. The van der Waals surface area contributed by atoms with Crippen LogP contribution in [-0.2, 0) is 11.2 Å². The summed E-state index contributed by atoms with van der Waals surface area (Å²) in [6, 6.07) is 6.88. The smallest absolute Gasteiger partial charge is 0.123 e. The van der Waals surface area contributed by atoms with E-state index in [1.165, 1.54) is 6.07 Å². The summed E-state index contributed by atoms with van der Waals surface area (Å²) in [5.74, 6) is -0.188. The molecule has 1 rings (SSSR count). The molecular weight excluding hydrogens is 217 g/mol. The molecular formula is C14H22FNO. The summed E-state index contributed by atoms with van der Waals surface area (Å²) in [7, 11) is 1.91. The highest BCUT2D eigenvalue weighted by Gasteiger charge is 2.28. The maximum atomic E-state index is 13.1. The van der Waals surface area contributed by atoms with E-state index in [4.69, 9.17) is 4.74 Å². The Kier molecular flexibility index (Phi) is 5.09. The minimum atomic E-state index is -0.268. The molecule has 0 saturated carbocycles. The van der Waals surface area contributed by atoms with Gasteiger partial charge in [-0.05, 0) is 51.9 Å². The molecule has 2 nitrogen and oxygen atoms in total. The van der Waals surface area contributed by atoms with Crippen LogP contribution < -0.4 is 5.32 Å². The Bertz CT molecular complexity index is 352. The van der Waals surface area contributed by atoms with Gasteiger partial charge in [0.1, 0.15) is 5.82 Å². The van der Waals surface area contributed by atoms with Gasteiger partial charge in [0, 0.05) is 12.6 Å². The largest absolute Gasteiger partial charge is 0.374 e. The Morgan fingerprint density at radius 3 is 2.65 bits per heavy atom. The lowest BCUT2D eigenvalue weighted by Crippen LogP contribution is -2.48. The van der Waals surface area contributed by atoms with E-state index >= 15 is 0 Å². The van der Waals surface area contributed by atoms with Crippen molar-refractivity contribution in [3.63, 3.8) is 0 Å². The van der Waals surface area contributed by atoms with Gasteiger partial charge in [-0.15, -0.1) is 0 Å². The van der Waals surface area contributed by atoms with E-state index in [1.807, 2.05) is 20.0 Å². The van der Waals surface area contributed by atoms with E-state index in [0.717, 1.165) is 12.0 Å². The Morgan fingerprint density at radius 2 is 2.12 bits per heavy atom. The topological polar surface area (TPSA) is 21.3 Å². The molecule has 96 valence electrons. The van der Waals surface area contributed by atoms with Gasteiger partial charge < -0.3 is 10.1 Å². The highest BCUT2D eigenvalue weighted by molar-refractivity contribution is 5.18. The lowest BCUT2D eigenvalue weighted by Gasteiger charge is -2.34. The second-order valence-electron chi connectivity index (χ2n) is 4.71. The number of ether oxygens (including phenoxy) is 1. The molecule has 1 N–H and O–H groups in total. The van der Waals surface area contributed by atoms with Gasteiger partial charge in [0.05, 0.1) is 5.60 Å². The van der Waals surface area contributed by atoms with Crippen molar-refractivity contribution in [2.75, 3.05) is 13.7 Å². The van der Waals surface area contributed by atoms with Crippen molar-refractivity contribution in [2.45, 2.75) is 38.8 Å². The molecule has 0 heterocycles. The minimum absolute atomic E-state index is 0.157. The van der Waals surface area contributed by atoms with E-state index in [-0.39, 0.29) is 17.5 Å². The predicted octanol–water partition coefficient (Wildman–Crippen LogP) is 2.77. The molecule has 3 heteroatoms. The van der Waals surface area contributed by atoms with Gasteiger partial charge in [0.15, 0.2) is 0 Å². The Hall–Kier alpha value is -0.930. The fraction of sp³-hybridized carbons (Fsp3) is 0.571. The molecule has 0 aromatic heterocycles. The normalized spacial score (nSPS) is 13.7. The van der Waals surface area contributed by atoms with Crippen molar-refractivity contribution in [2.24, 2.45) is 0 Å². The summed E-state index contributed by atoms with van der Waals surface area (Å²) in [5, 5.41) is 3.25. The van der Waals surface area contributed by atoms with Crippen LogP contribution in [-0.4, -0.2) is 25.3 Å². The van der Waals surface area contributed by atoms with Gasteiger partial charge in [-0.2, -0.15) is 0 Å². The van der Waals surface area contributed by atoms with Crippen LogP contribution in [0.1, 0.15) is 26.3 Å². The highest BCUT2D eigenvalue weighted by atomic mass is 19.1. The molecule has 1 unspecified atom stereocenters. The zero-order valence-electron chi connectivity index (χ0n) is 11.1. The van der Waals surface area contributed by atoms with Crippen LogP contribution in [0.2, 0.25) is 0 Å². The zero-order valence-corrected chi connectivity index (χ0v) is 11.1. The number of benzene rings is 1. The van der Waals surface area contributed by atoms with E-state index in [1.54, 1.807) is 12.1 Å². The lowest BCUT2D eigenvalue weighted by molar-refractivity contribution is -0.0363. The van der Waals surface area contributed by atoms with Crippen LogP contribution in [0.25, 0.3) is 0 Å². The van der Waals surface area contributed by atoms with Crippen molar-refractivity contribution >= 4 is 0 Å². The number of hydrogen-bond acceptors (Lipinski definition) is 2. The first-order valence-electron chi connectivity index (χ1n) is 6.05. The first kappa shape index (κ1) is 14.1. The highest BCUT2D eigenvalue weighted by Crippen LogP contribution is 2.19. The molecule has 0 aliphatic rings. The second kappa shape index (κ2) is 6.12. The summed E-state index contributed by atoms with van der Waals surface area (Å²) in [5.41, 5.74) is 0.715. The molecule has 0 fully saturated rings. The first-order valence-corrected chi connectivity index (χ1v) is 6.05. The van der Waals surface area contributed by atoms with Gasteiger partial charge in [0.2, 0.25) is 0 Å². The first-order chi connectivity index (χ1) is 7.99. The minimum Gasteiger partial charge on any atom is -0.374 e. The van der Waals surface area contributed by atoms with Gasteiger partial charge >= 0.3 is 0 Å². The molecule has 1 atom stereocenters. The molecule has 17 heavy (non-hydrogen) atoms. The molecule has 0 spiro atoms. The Balaban J connectivity index is 2.76.